The standard InChI is InChI=1S/C60H96O6/c1-4-7-10-13-16-19-22-25-27-29-31-32-35-38-41-44-47-50-53-59(62)65-56-57(55-64-58(61)52-49-46-43-40-37-34-24-21-18-15-12-9-6-3)66-60(63)54-51-48-45-42-39-36-33-30-28-26-23-20-17-14-11-8-5-2/h8-9,11-12,15,17-18,20-21,24,26,28,33-34,36-37,40,42-43,45,57H,4-7,10,13-14,16,19,22-23,25,27,29-32,35,38-39,41,44,46-56H2,1-3H3/b11-8+,12-9+,18-15+,20-17+,24-21+,28-26+,36-33+,37-34+,43-40+,45-42+. The zero-order chi connectivity index (χ0) is 47.9. The SMILES string of the molecule is CC/C=C/C=C/C=C/C=C/C=C/CCCC(=O)OCC(COC(=O)CCCCCCCCCCCCCCCCCCCC)OC(=O)CCC/C=C/C/C=C/C/C=C/C/C=C/C/C=C/CC. The Labute approximate surface area is 405 Å². The fraction of sp³-hybridized carbons (Fsp3) is 0.617. The van der Waals surface area contributed by atoms with Crippen molar-refractivity contribution in [1.82, 2.24) is 0 Å². The number of esters is 3. The van der Waals surface area contributed by atoms with Crippen molar-refractivity contribution in [1.29, 1.82) is 0 Å². The molecule has 0 saturated carbocycles. The Morgan fingerprint density at radius 3 is 1.11 bits per heavy atom. The first kappa shape index (κ1) is 61.8. The fourth-order valence-electron chi connectivity index (χ4n) is 6.92. The smallest absolute Gasteiger partial charge is 0.306 e. The molecule has 0 aliphatic heterocycles. The van der Waals surface area contributed by atoms with Crippen molar-refractivity contribution >= 4 is 17.9 Å². The zero-order valence-electron chi connectivity index (χ0n) is 42.4. The molecule has 0 fully saturated rings. The van der Waals surface area contributed by atoms with Crippen molar-refractivity contribution in [2.24, 2.45) is 0 Å². The van der Waals surface area contributed by atoms with Gasteiger partial charge < -0.3 is 14.2 Å². The molecule has 0 aromatic heterocycles. The van der Waals surface area contributed by atoms with Crippen LogP contribution in [0.5, 0.6) is 0 Å². The van der Waals surface area contributed by atoms with Crippen molar-refractivity contribution in [3.63, 3.8) is 0 Å². The Balaban J connectivity index is 4.54. The Morgan fingerprint density at radius 1 is 0.333 bits per heavy atom. The minimum Gasteiger partial charge on any atom is -0.462 e. The normalized spacial score (nSPS) is 13.1. The zero-order valence-corrected chi connectivity index (χ0v) is 42.4. The molecule has 0 amide bonds. The highest BCUT2D eigenvalue weighted by molar-refractivity contribution is 5.71. The second-order valence-electron chi connectivity index (χ2n) is 17.2. The van der Waals surface area contributed by atoms with Crippen molar-refractivity contribution in [3.05, 3.63) is 122 Å². The lowest BCUT2D eigenvalue weighted by Gasteiger charge is -2.18. The number of hydrogen-bond donors (Lipinski definition) is 0. The summed E-state index contributed by atoms with van der Waals surface area (Å²) in [7, 11) is 0. The minimum atomic E-state index is -0.838. The predicted molar refractivity (Wildman–Crippen MR) is 283 cm³/mol. The van der Waals surface area contributed by atoms with Gasteiger partial charge in [0.15, 0.2) is 6.10 Å². The van der Waals surface area contributed by atoms with Gasteiger partial charge in [-0.05, 0) is 70.6 Å². The van der Waals surface area contributed by atoms with Crippen LogP contribution in [0.4, 0.5) is 0 Å². The van der Waals surface area contributed by atoms with Crippen LogP contribution >= 0.6 is 0 Å². The maximum Gasteiger partial charge on any atom is 0.306 e. The van der Waals surface area contributed by atoms with Crippen molar-refractivity contribution in [2.75, 3.05) is 13.2 Å². The molecule has 0 aliphatic rings. The molecule has 6 heteroatoms. The minimum absolute atomic E-state index is 0.125. The Kier molecular flexibility index (Phi) is 50.0. The highest BCUT2D eigenvalue weighted by Crippen LogP contribution is 2.15. The van der Waals surface area contributed by atoms with Crippen molar-refractivity contribution in [3.8, 4) is 0 Å². The van der Waals surface area contributed by atoms with E-state index < -0.39 is 6.10 Å². The van der Waals surface area contributed by atoms with Gasteiger partial charge in [-0.3, -0.25) is 14.4 Å². The Bertz CT molecular complexity index is 1420. The molecule has 1 unspecified atom stereocenters. The Morgan fingerprint density at radius 2 is 0.667 bits per heavy atom. The van der Waals surface area contributed by atoms with Gasteiger partial charge in [0.05, 0.1) is 0 Å². The van der Waals surface area contributed by atoms with Crippen LogP contribution in [0.25, 0.3) is 0 Å². The van der Waals surface area contributed by atoms with Gasteiger partial charge in [-0.25, -0.2) is 0 Å². The molecule has 0 saturated heterocycles. The average Bonchev–Trinajstić information content (AvgIpc) is 3.31. The van der Waals surface area contributed by atoms with Crippen LogP contribution in [-0.2, 0) is 28.6 Å². The molecule has 372 valence electrons. The van der Waals surface area contributed by atoms with Gasteiger partial charge in [-0.2, -0.15) is 0 Å². The number of unbranched alkanes of at least 4 members (excludes halogenated alkanes) is 19. The van der Waals surface area contributed by atoms with E-state index in [4.69, 9.17) is 14.2 Å². The van der Waals surface area contributed by atoms with E-state index in [2.05, 4.69) is 87.6 Å². The van der Waals surface area contributed by atoms with Crippen molar-refractivity contribution < 1.29 is 28.6 Å². The van der Waals surface area contributed by atoms with Gasteiger partial charge in [-0.1, -0.05) is 251 Å². The summed E-state index contributed by atoms with van der Waals surface area (Å²) in [4.78, 5) is 38.0. The molecule has 0 rings (SSSR count). The second kappa shape index (κ2) is 53.4. The van der Waals surface area contributed by atoms with Gasteiger partial charge in [0.25, 0.3) is 0 Å². The molecule has 0 heterocycles. The summed E-state index contributed by atoms with van der Waals surface area (Å²) in [5, 5.41) is 0. The highest BCUT2D eigenvalue weighted by atomic mass is 16.6. The van der Waals surface area contributed by atoms with Gasteiger partial charge in [0.2, 0.25) is 0 Å². The molecular weight excluding hydrogens is 817 g/mol. The lowest BCUT2D eigenvalue weighted by atomic mass is 10.0. The topological polar surface area (TPSA) is 78.9 Å². The first-order valence-corrected chi connectivity index (χ1v) is 26.6. The van der Waals surface area contributed by atoms with Crippen LogP contribution in [0.1, 0.15) is 220 Å². The van der Waals surface area contributed by atoms with E-state index in [9.17, 15) is 14.4 Å². The summed E-state index contributed by atoms with van der Waals surface area (Å²) in [6.07, 6.45) is 73.5. The molecule has 0 radical (unpaired) electrons. The molecule has 0 bridgehead atoms. The average molecular weight is 913 g/mol. The van der Waals surface area contributed by atoms with Crippen molar-refractivity contribution in [2.45, 2.75) is 226 Å². The second-order valence-corrected chi connectivity index (χ2v) is 17.2. The monoisotopic (exact) mass is 913 g/mol. The van der Waals surface area contributed by atoms with Gasteiger partial charge >= 0.3 is 17.9 Å². The largest absolute Gasteiger partial charge is 0.462 e. The number of hydrogen-bond acceptors (Lipinski definition) is 6. The number of carbonyl (C=O) groups is 3. The van der Waals surface area contributed by atoms with Crippen LogP contribution < -0.4 is 0 Å². The number of allylic oxidation sites excluding steroid dienone is 20. The fourth-order valence-corrected chi connectivity index (χ4v) is 6.92. The molecule has 0 N–H and O–H groups in total. The predicted octanol–water partition coefficient (Wildman–Crippen LogP) is 17.7. The molecule has 0 aromatic carbocycles. The first-order valence-electron chi connectivity index (χ1n) is 26.6. The third-order valence-corrected chi connectivity index (χ3v) is 10.8. The lowest BCUT2D eigenvalue weighted by molar-refractivity contribution is -0.167. The summed E-state index contributed by atoms with van der Waals surface area (Å²) >= 11 is 0. The van der Waals surface area contributed by atoms with E-state index in [-0.39, 0.29) is 44.0 Å². The quantitative estimate of drug-likeness (QED) is 0.0199. The van der Waals surface area contributed by atoms with E-state index in [1.54, 1.807) is 0 Å². The molecular formula is C60H96O6. The third kappa shape index (κ3) is 50.8. The van der Waals surface area contributed by atoms with Crippen LogP contribution in [0.3, 0.4) is 0 Å². The van der Waals surface area contributed by atoms with Crippen LogP contribution in [0.2, 0.25) is 0 Å². The molecule has 0 spiro atoms. The molecule has 0 aliphatic carbocycles. The van der Waals surface area contributed by atoms with Crippen LogP contribution in [0.15, 0.2) is 122 Å². The number of rotatable bonds is 46. The Hall–Kier alpha value is -4.19. The highest BCUT2D eigenvalue weighted by Gasteiger charge is 2.19. The van der Waals surface area contributed by atoms with Gasteiger partial charge in [-0.15, -0.1) is 0 Å². The number of ether oxygens (including phenoxy) is 3. The molecule has 1 atom stereocenters. The number of carbonyl (C=O) groups excluding carboxylic acids is 3. The van der Waals surface area contributed by atoms with Gasteiger partial charge in [0, 0.05) is 19.3 Å². The summed E-state index contributed by atoms with van der Waals surface area (Å²) < 4.78 is 16.7. The van der Waals surface area contributed by atoms with E-state index in [1.807, 2.05) is 54.7 Å². The summed E-state index contributed by atoms with van der Waals surface area (Å²) in [5.41, 5.74) is 0. The molecule has 0 aromatic rings. The lowest BCUT2D eigenvalue weighted by Crippen LogP contribution is -2.30. The van der Waals surface area contributed by atoms with E-state index in [0.29, 0.717) is 19.3 Å². The molecule has 66 heavy (non-hydrogen) atoms. The van der Waals surface area contributed by atoms with Gasteiger partial charge in [0.1, 0.15) is 13.2 Å². The third-order valence-electron chi connectivity index (χ3n) is 10.8. The maximum atomic E-state index is 12.8. The summed E-state index contributed by atoms with van der Waals surface area (Å²) in [5.74, 6) is -1.06. The van der Waals surface area contributed by atoms with E-state index in [1.165, 1.54) is 96.3 Å². The molecule has 6 nitrogen and oxygen atoms in total. The van der Waals surface area contributed by atoms with Crippen LogP contribution in [-0.4, -0.2) is 37.2 Å². The summed E-state index contributed by atoms with van der Waals surface area (Å²) in [6.45, 7) is 6.26. The summed E-state index contributed by atoms with van der Waals surface area (Å²) in [6, 6.07) is 0. The maximum absolute atomic E-state index is 12.8. The van der Waals surface area contributed by atoms with E-state index in [0.717, 1.165) is 70.6 Å². The van der Waals surface area contributed by atoms with E-state index >= 15 is 0 Å². The van der Waals surface area contributed by atoms with Crippen LogP contribution in [0, 0.1) is 0 Å². The first-order chi connectivity index (χ1) is 32.5.